The third-order valence-corrected chi connectivity index (χ3v) is 4.84. The minimum absolute atomic E-state index is 0.0260. The molecular formula is C20H22N4O3. The summed E-state index contributed by atoms with van der Waals surface area (Å²) in [7, 11) is 3.27. The summed E-state index contributed by atoms with van der Waals surface area (Å²) in [6.45, 7) is 0.653. The Hall–Kier alpha value is -3.09. The first-order valence-corrected chi connectivity index (χ1v) is 8.98. The van der Waals surface area contributed by atoms with Crippen LogP contribution in [0.3, 0.4) is 0 Å². The lowest BCUT2D eigenvalue weighted by Crippen LogP contribution is -2.35. The van der Waals surface area contributed by atoms with Gasteiger partial charge in [0.1, 0.15) is 23.6 Å². The highest BCUT2D eigenvalue weighted by Crippen LogP contribution is 2.32. The fraction of sp³-hybridized carbons (Fsp3) is 0.350. The maximum absolute atomic E-state index is 13.1. The summed E-state index contributed by atoms with van der Waals surface area (Å²) >= 11 is 0. The number of para-hydroxylation sites is 1. The van der Waals surface area contributed by atoms with E-state index in [0.717, 1.165) is 40.9 Å². The van der Waals surface area contributed by atoms with Crippen LogP contribution in [0, 0.1) is 0 Å². The molecule has 7 heteroatoms. The van der Waals surface area contributed by atoms with Crippen molar-refractivity contribution in [1.29, 1.82) is 0 Å². The summed E-state index contributed by atoms with van der Waals surface area (Å²) in [5, 5.41) is 8.27. The van der Waals surface area contributed by atoms with Crippen LogP contribution in [0.2, 0.25) is 0 Å². The van der Waals surface area contributed by atoms with Gasteiger partial charge in [0, 0.05) is 18.2 Å². The summed E-state index contributed by atoms with van der Waals surface area (Å²) in [6.07, 6.45) is 2.05. The molecule has 0 saturated heterocycles. The van der Waals surface area contributed by atoms with E-state index >= 15 is 0 Å². The number of carbonyl (C=O) groups is 1. The predicted octanol–water partition coefficient (Wildman–Crippen LogP) is 2.64. The number of aromatic nitrogens is 3. The first kappa shape index (κ1) is 17.3. The largest absolute Gasteiger partial charge is 0.497 e. The molecule has 0 aliphatic heterocycles. The molecule has 27 heavy (non-hydrogen) atoms. The molecule has 1 aliphatic carbocycles. The molecule has 0 unspecified atom stereocenters. The van der Waals surface area contributed by atoms with Crippen LogP contribution in [0.25, 0.3) is 11.0 Å². The Morgan fingerprint density at radius 1 is 1.19 bits per heavy atom. The molecule has 1 fully saturated rings. The lowest BCUT2D eigenvalue weighted by Gasteiger charge is -2.24. The summed E-state index contributed by atoms with van der Waals surface area (Å²) < 4.78 is 12.5. The van der Waals surface area contributed by atoms with E-state index in [4.69, 9.17) is 9.47 Å². The minimum Gasteiger partial charge on any atom is -0.497 e. The van der Waals surface area contributed by atoms with E-state index in [1.54, 1.807) is 18.9 Å². The molecular weight excluding hydrogens is 344 g/mol. The molecule has 7 nitrogen and oxygen atoms in total. The second-order valence-electron chi connectivity index (χ2n) is 6.67. The van der Waals surface area contributed by atoms with E-state index in [0.29, 0.717) is 6.54 Å². The van der Waals surface area contributed by atoms with Gasteiger partial charge in [0.25, 0.3) is 0 Å². The quantitative estimate of drug-likeness (QED) is 0.643. The number of rotatable bonds is 7. The van der Waals surface area contributed by atoms with Crippen molar-refractivity contribution >= 4 is 16.9 Å². The van der Waals surface area contributed by atoms with Gasteiger partial charge in [-0.2, -0.15) is 0 Å². The molecule has 0 bridgehead atoms. The van der Waals surface area contributed by atoms with Crippen LogP contribution >= 0.6 is 0 Å². The van der Waals surface area contributed by atoms with E-state index in [-0.39, 0.29) is 18.5 Å². The molecule has 1 aromatic heterocycles. The number of fused-ring (bicyclic) bond motifs is 1. The first-order valence-electron chi connectivity index (χ1n) is 8.98. The molecule has 3 aromatic rings. The van der Waals surface area contributed by atoms with Crippen LogP contribution in [0.1, 0.15) is 18.4 Å². The number of hydrogen-bond acceptors (Lipinski definition) is 5. The predicted molar refractivity (Wildman–Crippen MR) is 101 cm³/mol. The van der Waals surface area contributed by atoms with Gasteiger partial charge in [-0.15, -0.1) is 5.10 Å². The van der Waals surface area contributed by atoms with Gasteiger partial charge in [-0.1, -0.05) is 17.3 Å². The van der Waals surface area contributed by atoms with Crippen LogP contribution in [0.15, 0.2) is 42.5 Å². The molecule has 0 atom stereocenters. The Balaban J connectivity index is 1.57. The zero-order valence-corrected chi connectivity index (χ0v) is 15.5. The van der Waals surface area contributed by atoms with Crippen LogP contribution in [0.4, 0.5) is 0 Å². The van der Waals surface area contributed by atoms with Crippen molar-refractivity contribution in [3.05, 3.63) is 48.0 Å². The maximum atomic E-state index is 13.1. The Morgan fingerprint density at radius 3 is 2.74 bits per heavy atom. The van der Waals surface area contributed by atoms with Crippen LogP contribution in [-0.4, -0.2) is 46.1 Å². The van der Waals surface area contributed by atoms with Crippen LogP contribution in [0.5, 0.6) is 11.5 Å². The van der Waals surface area contributed by atoms with Gasteiger partial charge in [0.05, 0.1) is 19.7 Å². The smallest absolute Gasteiger partial charge is 0.244 e. The van der Waals surface area contributed by atoms with Crippen LogP contribution in [-0.2, 0) is 17.9 Å². The fourth-order valence-corrected chi connectivity index (χ4v) is 3.25. The second kappa shape index (κ2) is 7.26. The number of ether oxygens (including phenoxy) is 2. The van der Waals surface area contributed by atoms with Crippen LogP contribution < -0.4 is 9.47 Å². The Bertz CT molecular complexity index is 965. The number of methoxy groups -OCH3 is 2. The minimum atomic E-state index is 0.0260. The van der Waals surface area contributed by atoms with Gasteiger partial charge >= 0.3 is 0 Å². The topological polar surface area (TPSA) is 69.5 Å². The molecule has 4 rings (SSSR count). The Morgan fingerprint density at radius 2 is 2.00 bits per heavy atom. The molecule has 2 aromatic carbocycles. The van der Waals surface area contributed by atoms with Crippen molar-refractivity contribution in [2.75, 3.05) is 14.2 Å². The molecule has 1 heterocycles. The lowest BCUT2D eigenvalue weighted by molar-refractivity contribution is -0.133. The standard InChI is InChI=1S/C20H22N4O3/c1-26-16-9-10-19(27-2)14(11-16)12-23(15-7-8-15)20(25)13-24-18-6-4-3-5-17(18)21-22-24/h3-6,9-11,15H,7-8,12-13H2,1-2H3. The fourth-order valence-electron chi connectivity index (χ4n) is 3.25. The molecule has 0 spiro atoms. The van der Waals surface area contributed by atoms with E-state index in [1.807, 2.05) is 47.4 Å². The molecule has 0 radical (unpaired) electrons. The van der Waals surface area contributed by atoms with Crippen molar-refractivity contribution in [2.24, 2.45) is 0 Å². The monoisotopic (exact) mass is 366 g/mol. The van der Waals surface area contributed by atoms with E-state index in [2.05, 4.69) is 10.3 Å². The Labute approximate surface area is 157 Å². The van der Waals surface area contributed by atoms with Gasteiger partial charge in [-0.25, -0.2) is 4.68 Å². The summed E-state index contributed by atoms with van der Waals surface area (Å²) in [4.78, 5) is 15.0. The van der Waals surface area contributed by atoms with Gasteiger partial charge < -0.3 is 14.4 Å². The van der Waals surface area contributed by atoms with Gasteiger partial charge in [0.2, 0.25) is 5.91 Å². The average Bonchev–Trinajstić information content (AvgIpc) is 3.47. The number of benzene rings is 2. The highest BCUT2D eigenvalue weighted by molar-refractivity contribution is 5.80. The van der Waals surface area contributed by atoms with Gasteiger partial charge in [0.15, 0.2) is 0 Å². The zero-order valence-electron chi connectivity index (χ0n) is 15.5. The summed E-state index contributed by atoms with van der Waals surface area (Å²) in [6, 6.07) is 13.6. The Kier molecular flexibility index (Phi) is 4.66. The third-order valence-electron chi connectivity index (χ3n) is 4.84. The highest BCUT2D eigenvalue weighted by Gasteiger charge is 2.33. The second-order valence-corrected chi connectivity index (χ2v) is 6.67. The van der Waals surface area contributed by atoms with Crippen molar-refractivity contribution in [3.63, 3.8) is 0 Å². The molecule has 1 amide bonds. The number of amides is 1. The SMILES string of the molecule is COc1ccc(OC)c(CN(C(=O)Cn2nnc3ccccc32)C2CC2)c1. The molecule has 140 valence electrons. The zero-order chi connectivity index (χ0) is 18.8. The normalized spacial score (nSPS) is 13.6. The van der Waals surface area contributed by atoms with Gasteiger partial charge in [-0.05, 0) is 43.2 Å². The van der Waals surface area contributed by atoms with Crippen molar-refractivity contribution in [1.82, 2.24) is 19.9 Å². The van der Waals surface area contributed by atoms with Crippen molar-refractivity contribution in [2.45, 2.75) is 32.0 Å². The molecule has 1 saturated carbocycles. The third kappa shape index (κ3) is 3.58. The number of hydrogen-bond donors (Lipinski definition) is 0. The lowest BCUT2D eigenvalue weighted by atomic mass is 10.1. The van der Waals surface area contributed by atoms with E-state index in [1.165, 1.54) is 0 Å². The molecule has 1 aliphatic rings. The van der Waals surface area contributed by atoms with E-state index in [9.17, 15) is 4.79 Å². The van der Waals surface area contributed by atoms with Crippen molar-refractivity contribution < 1.29 is 14.3 Å². The number of nitrogens with zero attached hydrogens (tertiary/aromatic N) is 4. The van der Waals surface area contributed by atoms with Gasteiger partial charge in [-0.3, -0.25) is 4.79 Å². The molecule has 0 N–H and O–H groups in total. The van der Waals surface area contributed by atoms with E-state index < -0.39 is 0 Å². The summed E-state index contributed by atoms with van der Waals surface area (Å²) in [5.74, 6) is 1.52. The number of carbonyl (C=O) groups excluding carboxylic acids is 1. The first-order chi connectivity index (χ1) is 13.2. The maximum Gasteiger partial charge on any atom is 0.244 e. The summed E-state index contributed by atoms with van der Waals surface area (Å²) in [5.41, 5.74) is 2.58. The average molecular weight is 366 g/mol. The van der Waals surface area contributed by atoms with Crippen molar-refractivity contribution in [3.8, 4) is 11.5 Å². The highest BCUT2D eigenvalue weighted by atomic mass is 16.5.